The molecule has 8 heteroatoms. The predicted molar refractivity (Wildman–Crippen MR) is 101 cm³/mol. The van der Waals surface area contributed by atoms with Gasteiger partial charge in [0.15, 0.2) is 9.84 Å². The Morgan fingerprint density at radius 2 is 2.00 bits per heavy atom. The highest BCUT2D eigenvalue weighted by atomic mass is 35.5. The first-order valence-electron chi connectivity index (χ1n) is 7.47. The van der Waals surface area contributed by atoms with Crippen molar-refractivity contribution in [3.63, 3.8) is 0 Å². The maximum absolute atomic E-state index is 12.6. The summed E-state index contributed by atoms with van der Waals surface area (Å²) < 4.78 is 25.3. The number of anilines is 1. The van der Waals surface area contributed by atoms with Crippen molar-refractivity contribution in [2.45, 2.75) is 24.0 Å². The summed E-state index contributed by atoms with van der Waals surface area (Å²) >= 11 is 7.46. The topological polar surface area (TPSA) is 76.1 Å². The molecule has 3 rings (SSSR count). The van der Waals surface area contributed by atoms with E-state index < -0.39 is 21.0 Å². The van der Waals surface area contributed by atoms with Gasteiger partial charge in [0.25, 0.3) is 5.91 Å². The number of halogens is 1. The zero-order valence-corrected chi connectivity index (χ0v) is 15.9. The van der Waals surface area contributed by atoms with Gasteiger partial charge in [-0.25, -0.2) is 13.4 Å². The Hall–Kier alpha value is -1.96. The number of benzene rings is 2. The minimum atomic E-state index is -3.44. The summed E-state index contributed by atoms with van der Waals surface area (Å²) in [7, 11) is -3.44. The highest BCUT2D eigenvalue weighted by Crippen LogP contribution is 2.32. The Labute approximate surface area is 154 Å². The van der Waals surface area contributed by atoms with E-state index in [0.29, 0.717) is 16.2 Å². The van der Waals surface area contributed by atoms with E-state index in [0.717, 1.165) is 4.70 Å². The minimum Gasteiger partial charge on any atom is -0.321 e. The molecule has 1 aromatic heterocycles. The number of nitrogens with one attached hydrogen (secondary N) is 1. The number of fused-ring (bicyclic) bond motifs is 1. The first kappa shape index (κ1) is 17.8. The molecule has 1 N–H and O–H groups in total. The van der Waals surface area contributed by atoms with E-state index in [9.17, 15) is 13.2 Å². The van der Waals surface area contributed by atoms with Gasteiger partial charge in [0.2, 0.25) is 0 Å². The van der Waals surface area contributed by atoms with E-state index in [2.05, 4.69) is 10.3 Å². The highest BCUT2D eigenvalue weighted by Gasteiger charge is 2.20. The largest absolute Gasteiger partial charge is 0.321 e. The van der Waals surface area contributed by atoms with Gasteiger partial charge in [-0.2, -0.15) is 0 Å². The number of amides is 1. The first-order chi connectivity index (χ1) is 11.8. The molecule has 3 aromatic rings. The van der Waals surface area contributed by atoms with E-state index in [-0.39, 0.29) is 10.5 Å². The summed E-state index contributed by atoms with van der Waals surface area (Å²) in [4.78, 5) is 16.9. The van der Waals surface area contributed by atoms with Crippen molar-refractivity contribution in [3.05, 3.63) is 52.5 Å². The van der Waals surface area contributed by atoms with Crippen LogP contribution in [0.4, 0.5) is 5.69 Å². The third-order valence-electron chi connectivity index (χ3n) is 3.73. The molecule has 1 amide bonds. The third kappa shape index (κ3) is 3.40. The number of carbonyl (C=O) groups is 1. The molecule has 0 unspecified atom stereocenters. The second-order valence-electron chi connectivity index (χ2n) is 5.70. The third-order valence-corrected chi connectivity index (χ3v) is 7.05. The summed E-state index contributed by atoms with van der Waals surface area (Å²) in [6, 6.07) is 9.40. The normalized spacial score (nSPS) is 11.8. The van der Waals surface area contributed by atoms with Gasteiger partial charge in [-0.15, -0.1) is 11.3 Å². The van der Waals surface area contributed by atoms with Crippen LogP contribution in [-0.4, -0.2) is 24.6 Å². The number of carbonyl (C=O) groups excluding carboxylic acids is 1. The summed E-state index contributed by atoms with van der Waals surface area (Å²) in [5.74, 6) is -0.391. The van der Waals surface area contributed by atoms with Gasteiger partial charge >= 0.3 is 0 Å². The Bertz CT molecular complexity index is 1060. The van der Waals surface area contributed by atoms with E-state index >= 15 is 0 Å². The molecule has 130 valence electrons. The fourth-order valence-electron chi connectivity index (χ4n) is 2.30. The van der Waals surface area contributed by atoms with Crippen molar-refractivity contribution in [2.75, 3.05) is 5.32 Å². The fraction of sp³-hybridized carbons (Fsp3) is 0.176. The highest BCUT2D eigenvalue weighted by molar-refractivity contribution is 7.92. The number of sulfone groups is 1. The fourth-order valence-corrected chi connectivity index (χ4v) is 4.45. The van der Waals surface area contributed by atoms with Gasteiger partial charge in [0, 0.05) is 5.56 Å². The van der Waals surface area contributed by atoms with Crippen molar-refractivity contribution < 1.29 is 13.2 Å². The number of thiazole rings is 1. The Morgan fingerprint density at radius 3 is 2.72 bits per heavy atom. The quantitative estimate of drug-likeness (QED) is 0.712. The zero-order valence-electron chi connectivity index (χ0n) is 13.5. The van der Waals surface area contributed by atoms with Crippen LogP contribution in [0.5, 0.6) is 0 Å². The maximum Gasteiger partial charge on any atom is 0.255 e. The van der Waals surface area contributed by atoms with Crippen LogP contribution in [0.2, 0.25) is 5.02 Å². The van der Waals surface area contributed by atoms with E-state index in [1.165, 1.54) is 23.5 Å². The SMILES string of the molecule is CC(C)S(=O)(=O)c1cccc(C(=O)Nc2ccc(Cl)c3ncsc23)c1. The Morgan fingerprint density at radius 1 is 1.24 bits per heavy atom. The minimum absolute atomic E-state index is 0.134. The lowest BCUT2D eigenvalue weighted by Crippen LogP contribution is -2.16. The van der Waals surface area contributed by atoms with Crippen LogP contribution < -0.4 is 5.32 Å². The molecule has 2 aromatic carbocycles. The lowest BCUT2D eigenvalue weighted by molar-refractivity contribution is 0.102. The lowest BCUT2D eigenvalue weighted by Gasteiger charge is -2.10. The molecule has 0 radical (unpaired) electrons. The molecule has 0 fully saturated rings. The van der Waals surface area contributed by atoms with Crippen LogP contribution in [0.25, 0.3) is 10.2 Å². The maximum atomic E-state index is 12.6. The molecular weight excluding hydrogens is 380 g/mol. The second-order valence-corrected chi connectivity index (χ2v) is 9.47. The summed E-state index contributed by atoms with van der Waals surface area (Å²) in [5, 5.41) is 2.76. The van der Waals surface area contributed by atoms with Crippen molar-refractivity contribution >= 4 is 54.6 Å². The number of nitrogens with zero attached hydrogens (tertiary/aromatic N) is 1. The van der Waals surface area contributed by atoms with Gasteiger partial charge in [-0.05, 0) is 44.2 Å². The summed E-state index contributed by atoms with van der Waals surface area (Å²) in [5.41, 5.74) is 3.14. The van der Waals surface area contributed by atoms with Crippen molar-refractivity contribution in [1.82, 2.24) is 4.98 Å². The van der Waals surface area contributed by atoms with Crippen molar-refractivity contribution in [2.24, 2.45) is 0 Å². The number of hydrogen-bond donors (Lipinski definition) is 1. The molecule has 0 bridgehead atoms. The molecular formula is C17H15ClN2O3S2. The van der Waals surface area contributed by atoms with Crippen LogP contribution in [0.1, 0.15) is 24.2 Å². The molecule has 0 saturated heterocycles. The number of aromatic nitrogens is 1. The Balaban J connectivity index is 1.94. The van der Waals surface area contributed by atoms with E-state index in [1.54, 1.807) is 43.6 Å². The van der Waals surface area contributed by atoms with Gasteiger partial charge in [0.05, 0.1) is 31.1 Å². The number of hydrogen-bond acceptors (Lipinski definition) is 5. The molecule has 5 nitrogen and oxygen atoms in total. The first-order valence-corrected chi connectivity index (χ1v) is 10.3. The average molecular weight is 395 g/mol. The lowest BCUT2D eigenvalue weighted by atomic mass is 10.2. The second kappa shape index (κ2) is 6.74. The molecule has 1 heterocycles. The molecule has 0 saturated carbocycles. The summed E-state index contributed by atoms with van der Waals surface area (Å²) in [6.07, 6.45) is 0. The zero-order chi connectivity index (χ0) is 18.2. The Kier molecular flexibility index (Phi) is 4.81. The molecule has 0 spiro atoms. The van der Waals surface area contributed by atoms with Crippen LogP contribution >= 0.6 is 22.9 Å². The molecule has 25 heavy (non-hydrogen) atoms. The van der Waals surface area contributed by atoms with Crippen molar-refractivity contribution in [3.8, 4) is 0 Å². The van der Waals surface area contributed by atoms with E-state index in [1.807, 2.05) is 0 Å². The van der Waals surface area contributed by atoms with E-state index in [4.69, 9.17) is 11.6 Å². The summed E-state index contributed by atoms with van der Waals surface area (Å²) in [6.45, 7) is 3.21. The molecule has 0 aliphatic heterocycles. The van der Waals surface area contributed by atoms with Gasteiger partial charge in [-0.1, -0.05) is 17.7 Å². The average Bonchev–Trinajstić information content (AvgIpc) is 3.08. The molecule has 0 aliphatic rings. The predicted octanol–water partition coefficient (Wildman–Crippen LogP) is 4.38. The van der Waals surface area contributed by atoms with Gasteiger partial charge < -0.3 is 5.32 Å². The van der Waals surface area contributed by atoms with Gasteiger partial charge in [-0.3, -0.25) is 4.79 Å². The van der Waals surface area contributed by atoms with Crippen LogP contribution in [0.3, 0.4) is 0 Å². The smallest absolute Gasteiger partial charge is 0.255 e. The van der Waals surface area contributed by atoms with Crippen LogP contribution in [-0.2, 0) is 9.84 Å². The molecule has 0 aliphatic carbocycles. The monoisotopic (exact) mass is 394 g/mol. The number of rotatable bonds is 4. The van der Waals surface area contributed by atoms with Crippen molar-refractivity contribution in [1.29, 1.82) is 0 Å². The standard InChI is InChI=1S/C17H15ClN2O3S2/c1-10(2)25(22,23)12-5-3-4-11(8-12)17(21)20-14-7-6-13(18)15-16(14)24-9-19-15/h3-10H,1-2H3,(H,20,21). The molecule has 0 atom stereocenters. The van der Waals surface area contributed by atoms with Gasteiger partial charge in [0.1, 0.15) is 5.52 Å². The van der Waals surface area contributed by atoms with Crippen LogP contribution in [0, 0.1) is 0 Å². The van der Waals surface area contributed by atoms with Crippen LogP contribution in [0.15, 0.2) is 46.8 Å².